The van der Waals surface area contributed by atoms with Crippen LogP contribution in [-0.2, 0) is 0 Å². The molecule has 0 aromatic heterocycles. The van der Waals surface area contributed by atoms with E-state index in [0.29, 0.717) is 47.8 Å². The van der Waals surface area contributed by atoms with Gasteiger partial charge in [-0.2, -0.15) is 0 Å². The van der Waals surface area contributed by atoms with Gasteiger partial charge in [-0.1, -0.05) is 0 Å². The van der Waals surface area contributed by atoms with Gasteiger partial charge < -0.3 is 20.3 Å². The molecule has 2 N–H and O–H groups in total. The molecule has 0 saturated carbocycles. The molecule has 0 unspecified atom stereocenters. The molecule has 1 aliphatic heterocycles. The molecule has 0 spiro atoms. The van der Waals surface area contributed by atoms with Crippen molar-refractivity contribution in [3.8, 4) is 16.9 Å². The number of aryl methyl sites for hydroxylation is 1. The number of urea groups is 2. The molecule has 1 fully saturated rings. The molecular formula is C23H27FN4O4. The number of imide groups is 1. The van der Waals surface area contributed by atoms with E-state index in [9.17, 15) is 18.8 Å². The van der Waals surface area contributed by atoms with Crippen molar-refractivity contribution in [1.82, 2.24) is 15.1 Å². The van der Waals surface area contributed by atoms with Crippen molar-refractivity contribution >= 4 is 23.7 Å². The molecule has 0 bridgehead atoms. The summed E-state index contributed by atoms with van der Waals surface area (Å²) < 4.78 is 19.4. The van der Waals surface area contributed by atoms with E-state index in [1.807, 2.05) is 13.8 Å². The third kappa shape index (κ3) is 4.51. The molecule has 2 aromatic rings. The lowest BCUT2D eigenvalue weighted by Gasteiger charge is -2.23. The van der Waals surface area contributed by atoms with Gasteiger partial charge in [-0.25, -0.2) is 18.9 Å². The summed E-state index contributed by atoms with van der Waals surface area (Å²) in [6.07, 6.45) is 0. The fourth-order valence-electron chi connectivity index (χ4n) is 3.70. The standard InChI is InChI=1S/C23H27FN4O4/c1-5-27(6-2)21(29)18-12-15(17-13-16(24)7-8-19(17)32-4)11-14(3)20(18)26-23(31)28-10-9-25-22(28)30/h7-8,11-13H,5-6,9-10H2,1-4H3,(H,25,30)(H,26,31). The Morgan fingerprint density at radius 1 is 1.22 bits per heavy atom. The van der Waals surface area contributed by atoms with Crippen molar-refractivity contribution in [3.63, 3.8) is 0 Å². The zero-order valence-corrected chi connectivity index (χ0v) is 18.6. The van der Waals surface area contributed by atoms with Crippen LogP contribution in [0.25, 0.3) is 11.1 Å². The van der Waals surface area contributed by atoms with Crippen LogP contribution in [0, 0.1) is 12.7 Å². The summed E-state index contributed by atoms with van der Waals surface area (Å²) in [6.45, 7) is 7.03. The number of amides is 5. The van der Waals surface area contributed by atoms with Crippen molar-refractivity contribution in [2.75, 3.05) is 38.6 Å². The fourth-order valence-corrected chi connectivity index (χ4v) is 3.70. The molecule has 3 rings (SSSR count). The largest absolute Gasteiger partial charge is 0.496 e. The van der Waals surface area contributed by atoms with Gasteiger partial charge in [0.1, 0.15) is 11.6 Å². The highest BCUT2D eigenvalue weighted by Crippen LogP contribution is 2.35. The van der Waals surface area contributed by atoms with E-state index >= 15 is 0 Å². The van der Waals surface area contributed by atoms with Crippen LogP contribution in [0.15, 0.2) is 30.3 Å². The number of benzene rings is 2. The molecule has 1 saturated heterocycles. The highest BCUT2D eigenvalue weighted by molar-refractivity contribution is 6.08. The number of ether oxygens (including phenoxy) is 1. The monoisotopic (exact) mass is 442 g/mol. The van der Waals surface area contributed by atoms with E-state index in [0.717, 1.165) is 4.90 Å². The average molecular weight is 442 g/mol. The van der Waals surface area contributed by atoms with Gasteiger partial charge in [0.15, 0.2) is 0 Å². The Morgan fingerprint density at radius 2 is 1.94 bits per heavy atom. The van der Waals surface area contributed by atoms with Crippen molar-refractivity contribution in [1.29, 1.82) is 0 Å². The van der Waals surface area contributed by atoms with Crippen LogP contribution in [0.2, 0.25) is 0 Å². The zero-order chi connectivity index (χ0) is 23.4. The molecule has 1 heterocycles. The summed E-state index contributed by atoms with van der Waals surface area (Å²) in [5.41, 5.74) is 2.22. The van der Waals surface area contributed by atoms with Crippen molar-refractivity contribution in [2.45, 2.75) is 20.8 Å². The molecule has 2 aromatic carbocycles. The lowest BCUT2D eigenvalue weighted by atomic mass is 9.96. The Kier molecular flexibility index (Phi) is 6.97. The number of anilines is 1. The van der Waals surface area contributed by atoms with Gasteiger partial charge in [0.05, 0.1) is 18.4 Å². The molecule has 0 radical (unpaired) electrons. The van der Waals surface area contributed by atoms with Crippen LogP contribution in [0.4, 0.5) is 19.7 Å². The van der Waals surface area contributed by atoms with Crippen LogP contribution in [0.5, 0.6) is 5.75 Å². The van der Waals surface area contributed by atoms with E-state index in [1.165, 1.54) is 25.3 Å². The molecule has 32 heavy (non-hydrogen) atoms. The summed E-state index contributed by atoms with van der Waals surface area (Å²) in [5.74, 6) is -0.262. The molecular weight excluding hydrogens is 415 g/mol. The maximum absolute atomic E-state index is 14.0. The van der Waals surface area contributed by atoms with Crippen LogP contribution in [0.3, 0.4) is 0 Å². The van der Waals surface area contributed by atoms with Crippen LogP contribution in [-0.4, -0.2) is 61.1 Å². The molecule has 0 aliphatic carbocycles. The first kappa shape index (κ1) is 23.1. The van der Waals surface area contributed by atoms with E-state index in [4.69, 9.17) is 4.74 Å². The van der Waals surface area contributed by atoms with Crippen molar-refractivity contribution < 1.29 is 23.5 Å². The average Bonchev–Trinajstić information content (AvgIpc) is 3.21. The van der Waals surface area contributed by atoms with Crippen molar-refractivity contribution in [3.05, 3.63) is 47.3 Å². The minimum atomic E-state index is -0.618. The van der Waals surface area contributed by atoms with Gasteiger partial charge in [-0.3, -0.25) is 4.79 Å². The summed E-state index contributed by atoms with van der Waals surface area (Å²) in [4.78, 5) is 40.6. The summed E-state index contributed by atoms with van der Waals surface area (Å²) in [6, 6.07) is 6.42. The molecule has 5 amide bonds. The van der Waals surface area contributed by atoms with Crippen molar-refractivity contribution in [2.24, 2.45) is 0 Å². The summed E-state index contributed by atoms with van der Waals surface area (Å²) in [5, 5.41) is 5.30. The maximum atomic E-state index is 14.0. The number of nitrogens with zero attached hydrogens (tertiary/aromatic N) is 2. The lowest BCUT2D eigenvalue weighted by molar-refractivity contribution is 0.0774. The zero-order valence-electron chi connectivity index (χ0n) is 18.6. The second-order valence-corrected chi connectivity index (χ2v) is 7.35. The number of rotatable bonds is 6. The summed E-state index contributed by atoms with van der Waals surface area (Å²) >= 11 is 0. The Bertz CT molecular complexity index is 1050. The minimum Gasteiger partial charge on any atom is -0.496 e. The molecule has 170 valence electrons. The Hall–Kier alpha value is -3.62. The number of hydrogen-bond donors (Lipinski definition) is 2. The SMILES string of the molecule is CCN(CC)C(=O)c1cc(-c2cc(F)ccc2OC)cc(C)c1NC(=O)N1CCNC1=O. The Balaban J connectivity index is 2.12. The smallest absolute Gasteiger partial charge is 0.330 e. The van der Waals surface area contributed by atoms with Gasteiger partial charge in [0.25, 0.3) is 5.91 Å². The Labute approximate surface area is 186 Å². The third-order valence-electron chi connectivity index (χ3n) is 5.42. The van der Waals surface area contributed by atoms with Gasteiger partial charge in [0, 0.05) is 31.7 Å². The Morgan fingerprint density at radius 3 is 2.53 bits per heavy atom. The van der Waals surface area contributed by atoms with E-state index in [2.05, 4.69) is 10.6 Å². The second-order valence-electron chi connectivity index (χ2n) is 7.35. The molecule has 0 atom stereocenters. The number of methoxy groups -OCH3 is 1. The predicted molar refractivity (Wildman–Crippen MR) is 119 cm³/mol. The number of hydrogen-bond acceptors (Lipinski definition) is 4. The highest BCUT2D eigenvalue weighted by atomic mass is 19.1. The van der Waals surface area contributed by atoms with Gasteiger partial charge >= 0.3 is 12.1 Å². The first-order valence-electron chi connectivity index (χ1n) is 10.4. The molecule has 8 nitrogen and oxygen atoms in total. The number of carbonyl (C=O) groups is 3. The van der Waals surface area contributed by atoms with E-state index in [-0.39, 0.29) is 18.0 Å². The second kappa shape index (κ2) is 9.67. The number of halogens is 1. The van der Waals surface area contributed by atoms with Crippen LogP contribution in [0.1, 0.15) is 29.8 Å². The molecule has 9 heteroatoms. The minimum absolute atomic E-state index is 0.238. The normalized spacial score (nSPS) is 13.0. The van der Waals surface area contributed by atoms with Gasteiger partial charge in [-0.15, -0.1) is 0 Å². The van der Waals surface area contributed by atoms with Gasteiger partial charge in [-0.05, 0) is 62.2 Å². The predicted octanol–water partition coefficient (Wildman–Crippen LogP) is 3.85. The topological polar surface area (TPSA) is 91.0 Å². The van der Waals surface area contributed by atoms with E-state index < -0.39 is 17.9 Å². The summed E-state index contributed by atoms with van der Waals surface area (Å²) in [7, 11) is 1.49. The first-order valence-corrected chi connectivity index (χ1v) is 10.4. The van der Waals surface area contributed by atoms with Crippen LogP contribution < -0.4 is 15.4 Å². The van der Waals surface area contributed by atoms with E-state index in [1.54, 1.807) is 24.0 Å². The quantitative estimate of drug-likeness (QED) is 0.711. The van der Waals surface area contributed by atoms with Gasteiger partial charge in [0.2, 0.25) is 0 Å². The first-order chi connectivity index (χ1) is 15.3. The number of nitrogens with one attached hydrogen (secondary N) is 2. The maximum Gasteiger partial charge on any atom is 0.330 e. The molecule has 1 aliphatic rings. The lowest BCUT2D eigenvalue weighted by Crippen LogP contribution is -2.38. The highest BCUT2D eigenvalue weighted by Gasteiger charge is 2.28. The van der Waals surface area contributed by atoms with Crippen LogP contribution >= 0.6 is 0 Å². The third-order valence-corrected chi connectivity index (χ3v) is 5.42. The number of carbonyl (C=O) groups excluding carboxylic acids is 3. The fraction of sp³-hybridized carbons (Fsp3) is 0.348.